The number of rotatable bonds is 6. The first-order chi connectivity index (χ1) is 28.8. The molecule has 58 heavy (non-hydrogen) atoms. The first-order valence-electron chi connectivity index (χ1n) is 19.8. The molecule has 0 N–H and O–H groups in total. The van der Waals surface area contributed by atoms with Gasteiger partial charge in [-0.25, -0.2) is 0 Å². The van der Waals surface area contributed by atoms with Crippen molar-refractivity contribution in [3.8, 4) is 22.5 Å². The van der Waals surface area contributed by atoms with Gasteiger partial charge in [-0.3, -0.25) is 0 Å². The maximum atomic E-state index is 6.64. The summed E-state index contributed by atoms with van der Waals surface area (Å²) in [4.78, 5) is 2.32. The molecule has 0 bridgehead atoms. The number of benzene rings is 9. The zero-order valence-electron chi connectivity index (χ0n) is 31.5. The summed E-state index contributed by atoms with van der Waals surface area (Å²) in [7, 11) is 0. The molecule has 0 fully saturated rings. The lowest BCUT2D eigenvalue weighted by atomic mass is 10.0. The highest BCUT2D eigenvalue weighted by molar-refractivity contribution is 6.12. The number of aromatic nitrogens is 2. The van der Waals surface area contributed by atoms with E-state index in [1.807, 2.05) is 12.1 Å². The van der Waals surface area contributed by atoms with Crippen LogP contribution in [0.3, 0.4) is 0 Å². The summed E-state index contributed by atoms with van der Waals surface area (Å²) >= 11 is 0. The lowest BCUT2D eigenvalue weighted by molar-refractivity contribution is 0.669. The largest absolute Gasteiger partial charge is 0.454 e. The van der Waals surface area contributed by atoms with Crippen LogP contribution in [0, 0.1) is 0 Å². The summed E-state index contributed by atoms with van der Waals surface area (Å²) in [5.74, 6) is 0. The van der Waals surface area contributed by atoms with E-state index in [4.69, 9.17) is 4.42 Å². The molecule has 0 spiro atoms. The predicted molar refractivity (Wildman–Crippen MR) is 243 cm³/mol. The Labute approximate surface area is 334 Å². The van der Waals surface area contributed by atoms with E-state index < -0.39 is 0 Å². The Morgan fingerprint density at radius 1 is 0.328 bits per heavy atom. The van der Waals surface area contributed by atoms with Gasteiger partial charge in [0.2, 0.25) is 0 Å². The third-order valence-corrected chi connectivity index (χ3v) is 11.7. The fourth-order valence-electron chi connectivity index (χ4n) is 9.10. The second-order valence-corrected chi connectivity index (χ2v) is 14.9. The van der Waals surface area contributed by atoms with Crippen molar-refractivity contribution < 1.29 is 4.42 Å². The van der Waals surface area contributed by atoms with Gasteiger partial charge in [0.1, 0.15) is 5.58 Å². The third-order valence-electron chi connectivity index (χ3n) is 11.7. The van der Waals surface area contributed by atoms with Crippen molar-refractivity contribution in [2.45, 2.75) is 0 Å². The van der Waals surface area contributed by atoms with Crippen molar-refractivity contribution in [3.63, 3.8) is 0 Å². The van der Waals surface area contributed by atoms with Gasteiger partial charge in [-0.1, -0.05) is 121 Å². The van der Waals surface area contributed by atoms with E-state index in [-0.39, 0.29) is 0 Å². The highest BCUT2D eigenvalue weighted by Gasteiger charge is 2.21. The zero-order valence-corrected chi connectivity index (χ0v) is 31.5. The molecule has 272 valence electrons. The van der Waals surface area contributed by atoms with E-state index in [9.17, 15) is 0 Å². The minimum absolute atomic E-state index is 0.861. The number of nitrogens with zero attached hydrogens (tertiary/aromatic N) is 3. The van der Waals surface area contributed by atoms with E-state index in [0.29, 0.717) is 0 Å². The van der Waals surface area contributed by atoms with E-state index in [0.717, 1.165) is 55.9 Å². The first kappa shape index (κ1) is 32.4. The van der Waals surface area contributed by atoms with Crippen molar-refractivity contribution >= 4 is 82.6 Å². The van der Waals surface area contributed by atoms with E-state index in [1.54, 1.807) is 0 Å². The average molecular weight is 742 g/mol. The molecule has 12 aromatic rings. The molecule has 9 aromatic carbocycles. The lowest BCUT2D eigenvalue weighted by Crippen LogP contribution is -2.10. The Morgan fingerprint density at radius 3 is 1.47 bits per heavy atom. The average Bonchev–Trinajstić information content (AvgIpc) is 3.95. The smallest absolute Gasteiger partial charge is 0.159 e. The van der Waals surface area contributed by atoms with Gasteiger partial charge in [-0.05, 0) is 102 Å². The summed E-state index contributed by atoms with van der Waals surface area (Å²) in [6.45, 7) is 0. The molecule has 0 aliphatic heterocycles. The Morgan fingerprint density at radius 2 is 0.810 bits per heavy atom. The molecule has 0 amide bonds. The van der Waals surface area contributed by atoms with Gasteiger partial charge >= 0.3 is 0 Å². The van der Waals surface area contributed by atoms with Crippen LogP contribution in [-0.4, -0.2) is 9.13 Å². The topological polar surface area (TPSA) is 26.2 Å². The summed E-state index contributed by atoms with van der Waals surface area (Å²) < 4.78 is 11.4. The summed E-state index contributed by atoms with van der Waals surface area (Å²) in [5.41, 5.74) is 14.2. The first-order valence-corrected chi connectivity index (χ1v) is 19.8. The van der Waals surface area contributed by atoms with Crippen LogP contribution in [0.5, 0.6) is 0 Å². The zero-order chi connectivity index (χ0) is 38.2. The predicted octanol–water partition coefficient (Wildman–Crippen LogP) is 14.9. The molecule has 4 heteroatoms. The highest BCUT2D eigenvalue weighted by atomic mass is 16.3. The second kappa shape index (κ2) is 12.9. The van der Waals surface area contributed by atoms with E-state index in [1.165, 1.54) is 49.2 Å². The van der Waals surface area contributed by atoms with Crippen LogP contribution in [0.2, 0.25) is 0 Å². The van der Waals surface area contributed by atoms with Crippen molar-refractivity contribution in [2.24, 2.45) is 0 Å². The number of furan rings is 1. The number of hydrogen-bond acceptors (Lipinski definition) is 2. The van der Waals surface area contributed by atoms with Crippen molar-refractivity contribution in [1.29, 1.82) is 0 Å². The Kier molecular flexibility index (Phi) is 7.20. The normalized spacial score (nSPS) is 11.8. The number of fused-ring (bicyclic) bond motifs is 9. The van der Waals surface area contributed by atoms with Crippen LogP contribution >= 0.6 is 0 Å². The molecule has 0 aliphatic rings. The number of para-hydroxylation sites is 6. The standard InChI is InChI=1S/C54H35N3O/c1-2-13-38(14-3-1)56-50-22-10-6-17-44(50)47-35-37(27-34-51(47)56)36-25-28-39(29-26-36)55(52-23-12-19-46-45-18-7-11-24-53(45)58-54(46)52)40-30-32-41(33-31-40)57-48-20-8-4-15-42(48)43-16-5-9-21-49(43)57/h1-35H. The molecule has 3 heterocycles. The minimum Gasteiger partial charge on any atom is -0.454 e. The third kappa shape index (κ3) is 4.95. The van der Waals surface area contributed by atoms with Crippen LogP contribution in [0.15, 0.2) is 217 Å². The number of anilines is 3. The second-order valence-electron chi connectivity index (χ2n) is 14.9. The fraction of sp³-hybridized carbons (Fsp3) is 0. The van der Waals surface area contributed by atoms with Gasteiger partial charge in [-0.2, -0.15) is 0 Å². The van der Waals surface area contributed by atoms with E-state index in [2.05, 4.69) is 214 Å². The summed E-state index contributed by atoms with van der Waals surface area (Å²) in [6.07, 6.45) is 0. The Hall–Kier alpha value is -7.82. The lowest BCUT2D eigenvalue weighted by Gasteiger charge is -2.26. The molecule has 0 saturated carbocycles. The quantitative estimate of drug-likeness (QED) is 0.170. The maximum Gasteiger partial charge on any atom is 0.159 e. The van der Waals surface area contributed by atoms with Gasteiger partial charge in [0.15, 0.2) is 5.58 Å². The van der Waals surface area contributed by atoms with Crippen LogP contribution in [-0.2, 0) is 0 Å². The molecule has 4 nitrogen and oxygen atoms in total. The summed E-state index contributed by atoms with van der Waals surface area (Å²) in [6, 6.07) is 76.1. The Bertz CT molecular complexity index is 3440. The van der Waals surface area contributed by atoms with Gasteiger partial charge in [-0.15, -0.1) is 0 Å². The maximum absolute atomic E-state index is 6.64. The van der Waals surface area contributed by atoms with Gasteiger partial charge in [0, 0.05) is 55.1 Å². The van der Waals surface area contributed by atoms with Crippen molar-refractivity contribution in [2.75, 3.05) is 4.90 Å². The monoisotopic (exact) mass is 741 g/mol. The van der Waals surface area contributed by atoms with Gasteiger partial charge < -0.3 is 18.5 Å². The molecule has 0 aliphatic carbocycles. The number of hydrogen-bond donors (Lipinski definition) is 0. The molecule has 0 unspecified atom stereocenters. The van der Waals surface area contributed by atoms with Crippen LogP contribution in [0.25, 0.3) is 88.1 Å². The molecular formula is C54H35N3O. The molecule has 3 aromatic heterocycles. The van der Waals surface area contributed by atoms with Crippen LogP contribution in [0.4, 0.5) is 17.1 Å². The van der Waals surface area contributed by atoms with Crippen molar-refractivity contribution in [1.82, 2.24) is 9.13 Å². The van der Waals surface area contributed by atoms with Gasteiger partial charge in [0.25, 0.3) is 0 Å². The molecular weight excluding hydrogens is 707 g/mol. The van der Waals surface area contributed by atoms with Crippen LogP contribution < -0.4 is 4.90 Å². The molecule has 0 saturated heterocycles. The summed E-state index contributed by atoms with van der Waals surface area (Å²) in [5, 5.41) is 7.19. The minimum atomic E-state index is 0.861. The Balaban J connectivity index is 0.992. The van der Waals surface area contributed by atoms with Gasteiger partial charge in [0.05, 0.1) is 27.8 Å². The molecule has 0 radical (unpaired) electrons. The van der Waals surface area contributed by atoms with Crippen molar-refractivity contribution in [3.05, 3.63) is 212 Å². The molecule has 12 rings (SSSR count). The van der Waals surface area contributed by atoms with E-state index >= 15 is 0 Å². The SMILES string of the molecule is c1ccc(-n2c3ccccc3c3cc(-c4ccc(N(c5ccc(-n6c7ccccc7c7ccccc76)cc5)c5cccc6c5oc5ccccc56)cc4)ccc32)cc1. The van der Waals surface area contributed by atoms with Crippen LogP contribution in [0.1, 0.15) is 0 Å². The fourth-order valence-corrected chi connectivity index (χ4v) is 9.10. The molecule has 0 atom stereocenters. The highest BCUT2D eigenvalue weighted by Crippen LogP contribution is 2.43.